The third-order valence-corrected chi connectivity index (χ3v) is 3.76. The Labute approximate surface area is 142 Å². The minimum Gasteiger partial charge on any atom is -0.451 e. The van der Waals surface area contributed by atoms with Gasteiger partial charge in [-0.1, -0.05) is 0 Å². The van der Waals surface area contributed by atoms with Crippen LogP contribution in [0.15, 0.2) is 41.1 Å². The van der Waals surface area contributed by atoms with Gasteiger partial charge in [0.2, 0.25) is 17.4 Å². The molecular weight excluding hydrogens is 360 g/mol. The molecule has 0 aliphatic carbocycles. The van der Waals surface area contributed by atoms with Crippen LogP contribution in [0, 0.1) is 23.5 Å². The Morgan fingerprint density at radius 3 is 2.20 bits per heavy atom. The summed E-state index contributed by atoms with van der Waals surface area (Å²) in [7, 11) is 0. The minimum absolute atomic E-state index is 0.0867. The van der Waals surface area contributed by atoms with Crippen molar-refractivity contribution in [1.29, 1.82) is 0 Å². The fraction of sp³-hybridized carbons (Fsp3) is 0. The molecule has 0 unspecified atom stereocenters. The maximum absolute atomic E-state index is 13.5. The Morgan fingerprint density at radius 1 is 1.00 bits per heavy atom. The first-order valence-corrected chi connectivity index (χ1v) is 7.71. The van der Waals surface area contributed by atoms with Gasteiger partial charge in [-0.05, 0) is 35.7 Å². The lowest BCUT2D eigenvalue weighted by Gasteiger charge is -2.09. The summed E-state index contributed by atoms with van der Waals surface area (Å²) in [4.78, 5) is 14.3. The largest absolute Gasteiger partial charge is 0.451 e. The van der Waals surface area contributed by atoms with Crippen LogP contribution < -0.4 is 10.1 Å². The molecule has 0 bridgehead atoms. The van der Waals surface area contributed by atoms with Gasteiger partial charge in [0.05, 0.1) is 5.56 Å². The van der Waals surface area contributed by atoms with Crippen molar-refractivity contribution >= 4 is 22.9 Å². The minimum atomic E-state index is -1.81. The molecule has 1 aromatic carbocycles. The Hall–Kier alpha value is -2.94. The van der Waals surface area contributed by atoms with Crippen LogP contribution in [0.5, 0.6) is 11.5 Å². The highest BCUT2D eigenvalue weighted by Gasteiger charge is 2.22. The Kier molecular flexibility index (Phi) is 4.66. The number of nitrogens with zero attached hydrogens (tertiary/aromatic N) is 1. The number of anilines is 1. The number of ether oxygens (including phenoxy) is 1. The van der Waals surface area contributed by atoms with E-state index in [9.17, 15) is 22.4 Å². The number of thiophene rings is 1. The molecule has 0 radical (unpaired) electrons. The predicted molar refractivity (Wildman–Crippen MR) is 82.9 cm³/mol. The fourth-order valence-corrected chi connectivity index (χ4v) is 2.51. The number of carbonyl (C=O) groups excluding carboxylic acids is 1. The van der Waals surface area contributed by atoms with E-state index in [1.54, 1.807) is 16.8 Å². The third kappa shape index (κ3) is 3.61. The molecule has 25 heavy (non-hydrogen) atoms. The van der Waals surface area contributed by atoms with E-state index in [0.29, 0.717) is 11.3 Å². The van der Waals surface area contributed by atoms with E-state index in [1.165, 1.54) is 35.6 Å². The number of halogens is 4. The lowest BCUT2D eigenvalue weighted by molar-refractivity contribution is 0.102. The van der Waals surface area contributed by atoms with Crippen molar-refractivity contribution in [2.45, 2.75) is 0 Å². The zero-order valence-electron chi connectivity index (χ0n) is 12.2. The molecule has 0 saturated heterocycles. The summed E-state index contributed by atoms with van der Waals surface area (Å²) in [5.41, 5.74) is 0.883. The molecule has 0 aliphatic rings. The van der Waals surface area contributed by atoms with E-state index >= 15 is 0 Å². The molecular formula is C16H8F4N2O2S. The normalized spacial score (nSPS) is 10.6. The highest BCUT2D eigenvalue weighted by atomic mass is 32.1. The second-order valence-electron chi connectivity index (χ2n) is 4.74. The summed E-state index contributed by atoms with van der Waals surface area (Å²) < 4.78 is 58.0. The van der Waals surface area contributed by atoms with Crippen molar-refractivity contribution in [3.05, 3.63) is 70.2 Å². The van der Waals surface area contributed by atoms with E-state index in [4.69, 9.17) is 4.74 Å². The molecule has 2 aromatic heterocycles. The molecule has 3 aromatic rings. The van der Waals surface area contributed by atoms with Gasteiger partial charge in [-0.25, -0.2) is 0 Å². The van der Waals surface area contributed by atoms with Crippen molar-refractivity contribution in [3.63, 3.8) is 0 Å². The summed E-state index contributed by atoms with van der Waals surface area (Å²) >= 11 is 1.37. The third-order valence-electron chi connectivity index (χ3n) is 3.07. The number of aromatic nitrogens is 1. The van der Waals surface area contributed by atoms with E-state index in [2.05, 4.69) is 10.3 Å². The summed E-state index contributed by atoms with van der Waals surface area (Å²) in [6.45, 7) is 0. The molecule has 0 fully saturated rings. The van der Waals surface area contributed by atoms with Crippen LogP contribution in [0.1, 0.15) is 10.4 Å². The van der Waals surface area contributed by atoms with Gasteiger partial charge >= 0.3 is 0 Å². The topological polar surface area (TPSA) is 51.2 Å². The second-order valence-corrected chi connectivity index (χ2v) is 5.52. The predicted octanol–water partition coefficient (Wildman–Crippen LogP) is 4.74. The first kappa shape index (κ1) is 16.9. The number of pyridine rings is 1. The average Bonchev–Trinajstić information content (AvgIpc) is 3.13. The monoisotopic (exact) mass is 368 g/mol. The average molecular weight is 368 g/mol. The second kappa shape index (κ2) is 6.89. The summed E-state index contributed by atoms with van der Waals surface area (Å²) in [5.74, 6) is -8.76. The van der Waals surface area contributed by atoms with Crippen LogP contribution in [0.4, 0.5) is 23.2 Å². The van der Waals surface area contributed by atoms with Gasteiger partial charge in [0.1, 0.15) is 5.75 Å². The number of nitrogens with one attached hydrogen (secondary N) is 1. The molecule has 0 saturated carbocycles. The quantitative estimate of drug-likeness (QED) is 0.534. The highest BCUT2D eigenvalue weighted by molar-refractivity contribution is 7.08. The number of hydrogen-bond acceptors (Lipinski definition) is 4. The fourth-order valence-electron chi connectivity index (χ4n) is 1.88. The van der Waals surface area contributed by atoms with E-state index in [-0.39, 0.29) is 11.7 Å². The summed E-state index contributed by atoms with van der Waals surface area (Å²) in [6, 6.07) is 7.01. The van der Waals surface area contributed by atoms with Crippen molar-refractivity contribution < 1.29 is 27.1 Å². The van der Waals surface area contributed by atoms with E-state index in [1.807, 2.05) is 0 Å². The number of carbonyl (C=O) groups is 1. The van der Waals surface area contributed by atoms with Gasteiger partial charge in [0.15, 0.2) is 0 Å². The Balaban J connectivity index is 1.77. The van der Waals surface area contributed by atoms with Gasteiger partial charge in [0.25, 0.3) is 17.8 Å². The number of benzene rings is 1. The number of hydrogen-bond donors (Lipinski definition) is 1. The molecule has 0 aliphatic heterocycles. The molecule has 4 nitrogen and oxygen atoms in total. The van der Waals surface area contributed by atoms with E-state index < -0.39 is 29.3 Å². The smallest absolute Gasteiger partial charge is 0.256 e. The van der Waals surface area contributed by atoms with Gasteiger partial charge in [-0.15, -0.1) is 0 Å². The number of amides is 1. The lowest BCUT2D eigenvalue weighted by atomic mass is 10.2. The highest BCUT2D eigenvalue weighted by Crippen LogP contribution is 2.30. The zero-order valence-corrected chi connectivity index (χ0v) is 13.0. The first-order valence-electron chi connectivity index (χ1n) is 6.77. The lowest BCUT2D eigenvalue weighted by Crippen LogP contribution is -2.10. The van der Waals surface area contributed by atoms with Gasteiger partial charge in [-0.3, -0.25) is 4.79 Å². The Bertz CT molecular complexity index is 889. The first-order chi connectivity index (χ1) is 12.0. The van der Waals surface area contributed by atoms with Crippen molar-refractivity contribution in [2.75, 3.05) is 5.32 Å². The molecule has 1 N–H and O–H groups in total. The molecule has 9 heteroatoms. The SMILES string of the molecule is O=C(Nc1ccc(Oc2c(F)c(F)nc(F)c2F)cc1)c1ccsc1. The summed E-state index contributed by atoms with van der Waals surface area (Å²) in [6.07, 6.45) is 0. The van der Waals surface area contributed by atoms with Crippen LogP contribution in [0.2, 0.25) is 0 Å². The van der Waals surface area contributed by atoms with Crippen molar-refractivity contribution in [2.24, 2.45) is 0 Å². The van der Waals surface area contributed by atoms with Gasteiger partial charge in [-0.2, -0.15) is 33.9 Å². The molecule has 2 heterocycles. The molecule has 0 atom stereocenters. The van der Waals surface area contributed by atoms with E-state index in [0.717, 1.165) is 0 Å². The zero-order chi connectivity index (χ0) is 18.0. The van der Waals surface area contributed by atoms with Gasteiger partial charge < -0.3 is 10.1 Å². The molecule has 128 valence electrons. The molecule has 0 spiro atoms. The number of rotatable bonds is 4. The standard InChI is InChI=1S/C16H8F4N2O2S/c17-11-13(12(18)15(20)22-14(11)19)24-10-3-1-9(2-4-10)21-16(23)8-5-6-25-7-8/h1-7H,(H,21,23). The van der Waals surface area contributed by atoms with Crippen LogP contribution in [0.3, 0.4) is 0 Å². The summed E-state index contributed by atoms with van der Waals surface area (Å²) in [5, 5.41) is 6.03. The van der Waals surface area contributed by atoms with Crippen LogP contribution in [-0.2, 0) is 0 Å². The molecule has 3 rings (SSSR count). The van der Waals surface area contributed by atoms with Crippen LogP contribution in [0.25, 0.3) is 0 Å². The van der Waals surface area contributed by atoms with Crippen LogP contribution >= 0.6 is 11.3 Å². The van der Waals surface area contributed by atoms with Gasteiger partial charge in [0, 0.05) is 11.1 Å². The maximum atomic E-state index is 13.5. The molecule has 1 amide bonds. The van der Waals surface area contributed by atoms with Crippen molar-refractivity contribution in [3.8, 4) is 11.5 Å². The van der Waals surface area contributed by atoms with Crippen LogP contribution in [-0.4, -0.2) is 10.9 Å². The maximum Gasteiger partial charge on any atom is 0.256 e. The Morgan fingerprint density at radius 2 is 1.64 bits per heavy atom. The van der Waals surface area contributed by atoms with Crippen molar-refractivity contribution in [1.82, 2.24) is 4.98 Å².